The van der Waals surface area contributed by atoms with Gasteiger partial charge in [0.15, 0.2) is 0 Å². The summed E-state index contributed by atoms with van der Waals surface area (Å²) in [4.78, 5) is 52.8. The predicted molar refractivity (Wildman–Crippen MR) is 129 cm³/mol. The summed E-state index contributed by atoms with van der Waals surface area (Å²) in [5, 5.41) is 2.38. The topological polar surface area (TPSA) is 113 Å². The Morgan fingerprint density at radius 2 is 1.88 bits per heavy atom. The van der Waals surface area contributed by atoms with Crippen molar-refractivity contribution in [2.45, 2.75) is 89.8 Å². The highest BCUT2D eigenvalue weighted by atomic mass is 16.2. The quantitative estimate of drug-likeness (QED) is 0.427. The summed E-state index contributed by atoms with van der Waals surface area (Å²) in [6.45, 7) is 3.50. The Balaban J connectivity index is 1.56. The molecule has 0 spiro atoms. The van der Waals surface area contributed by atoms with Gasteiger partial charge in [0.2, 0.25) is 17.7 Å². The van der Waals surface area contributed by atoms with Crippen molar-refractivity contribution in [2.24, 2.45) is 11.7 Å². The van der Waals surface area contributed by atoms with E-state index in [1.807, 2.05) is 12.1 Å². The maximum atomic E-state index is 13.3. The molecule has 0 aromatic heterocycles. The number of fused-ring (bicyclic) bond motifs is 1. The summed E-state index contributed by atoms with van der Waals surface area (Å²) in [6.07, 6.45) is 8.38. The largest absolute Gasteiger partial charge is 0.370 e. The fourth-order valence-corrected chi connectivity index (χ4v) is 5.82. The molecule has 8 nitrogen and oxygen atoms in total. The van der Waals surface area contributed by atoms with Crippen LogP contribution >= 0.6 is 0 Å². The number of carbonyl (C=O) groups is 4. The van der Waals surface area contributed by atoms with Gasteiger partial charge in [0.1, 0.15) is 6.04 Å². The zero-order valence-electron chi connectivity index (χ0n) is 20.1. The van der Waals surface area contributed by atoms with Crippen molar-refractivity contribution in [1.29, 1.82) is 0 Å². The molecule has 1 unspecified atom stereocenters. The summed E-state index contributed by atoms with van der Waals surface area (Å²) in [7, 11) is 0. The molecule has 1 aromatic rings. The van der Waals surface area contributed by atoms with Crippen LogP contribution in [-0.4, -0.2) is 47.2 Å². The van der Waals surface area contributed by atoms with Crippen LogP contribution in [0.15, 0.2) is 18.2 Å². The number of rotatable bonds is 9. The standard InChI is InChI=1S/C26H36N4O4/c1-2-3-4-14-29(18-10-8-17(9-11-18)15-23(27)31)21-7-5-6-19-20(21)16-30(26(19)34)22-12-13-24(32)28-25(22)33/h5-7,17-18,22H,2-4,8-16H2,1H3,(H2,27,31)(H,28,32,33). The van der Waals surface area contributed by atoms with E-state index >= 15 is 0 Å². The van der Waals surface area contributed by atoms with Crippen LogP contribution in [0.25, 0.3) is 0 Å². The lowest BCUT2D eigenvalue weighted by molar-refractivity contribution is -0.137. The summed E-state index contributed by atoms with van der Waals surface area (Å²) < 4.78 is 0. The Morgan fingerprint density at radius 1 is 1.12 bits per heavy atom. The van der Waals surface area contributed by atoms with Crippen LogP contribution < -0.4 is 16.0 Å². The van der Waals surface area contributed by atoms with Crippen molar-refractivity contribution in [1.82, 2.24) is 10.2 Å². The van der Waals surface area contributed by atoms with Gasteiger partial charge in [-0.3, -0.25) is 24.5 Å². The Bertz CT molecular complexity index is 954. The van der Waals surface area contributed by atoms with Crippen LogP contribution in [0, 0.1) is 5.92 Å². The van der Waals surface area contributed by atoms with Crippen LogP contribution in [0.3, 0.4) is 0 Å². The van der Waals surface area contributed by atoms with E-state index in [0.717, 1.165) is 62.7 Å². The predicted octanol–water partition coefficient (Wildman–Crippen LogP) is 2.88. The van der Waals surface area contributed by atoms with E-state index in [2.05, 4.69) is 23.2 Å². The van der Waals surface area contributed by atoms with E-state index < -0.39 is 6.04 Å². The van der Waals surface area contributed by atoms with Gasteiger partial charge in [-0.15, -0.1) is 0 Å². The molecule has 0 radical (unpaired) electrons. The number of unbranched alkanes of at least 4 members (excludes halogenated alkanes) is 2. The number of anilines is 1. The van der Waals surface area contributed by atoms with Gasteiger partial charge in [-0.25, -0.2) is 0 Å². The molecule has 4 rings (SSSR count). The Hall–Kier alpha value is -2.90. The summed E-state index contributed by atoms with van der Waals surface area (Å²) in [5.74, 6) is -0.662. The van der Waals surface area contributed by atoms with Crippen LogP contribution in [0.4, 0.5) is 5.69 Å². The highest BCUT2D eigenvalue weighted by Gasteiger charge is 2.41. The minimum atomic E-state index is -0.608. The Labute approximate surface area is 201 Å². The van der Waals surface area contributed by atoms with E-state index in [1.165, 1.54) is 0 Å². The maximum absolute atomic E-state index is 13.3. The molecule has 1 aromatic carbocycles. The highest BCUT2D eigenvalue weighted by molar-refractivity contribution is 6.06. The third-order valence-corrected chi connectivity index (χ3v) is 7.62. The lowest BCUT2D eigenvalue weighted by atomic mass is 9.83. The van der Waals surface area contributed by atoms with Crippen molar-refractivity contribution in [3.8, 4) is 0 Å². The fourth-order valence-electron chi connectivity index (χ4n) is 5.82. The summed E-state index contributed by atoms with van der Waals surface area (Å²) in [5.41, 5.74) is 8.14. The molecule has 2 aliphatic heterocycles. The van der Waals surface area contributed by atoms with Crippen molar-refractivity contribution in [3.05, 3.63) is 29.3 Å². The number of carbonyl (C=O) groups excluding carboxylic acids is 4. The number of nitrogens with one attached hydrogen (secondary N) is 1. The molecular weight excluding hydrogens is 432 g/mol. The van der Waals surface area contributed by atoms with Crippen molar-refractivity contribution in [3.63, 3.8) is 0 Å². The number of primary amides is 1. The zero-order chi connectivity index (χ0) is 24.2. The molecule has 1 saturated heterocycles. The molecule has 1 atom stereocenters. The normalized spacial score (nSPS) is 24.7. The minimum absolute atomic E-state index is 0.134. The Kier molecular flexibility index (Phi) is 7.54. The molecule has 8 heteroatoms. The second-order valence-electron chi connectivity index (χ2n) is 9.95. The number of imide groups is 1. The SMILES string of the molecule is CCCCCN(c1cccc2c1CN(C1CCC(=O)NC1=O)C2=O)C1CCC(CC(N)=O)CC1. The molecule has 1 aliphatic carbocycles. The first-order valence-electron chi connectivity index (χ1n) is 12.7. The number of benzene rings is 1. The second kappa shape index (κ2) is 10.6. The minimum Gasteiger partial charge on any atom is -0.370 e. The molecule has 1 saturated carbocycles. The number of nitrogens with two attached hydrogens (primary N) is 1. The third kappa shape index (κ3) is 5.10. The average Bonchev–Trinajstić information content (AvgIpc) is 3.14. The molecule has 34 heavy (non-hydrogen) atoms. The third-order valence-electron chi connectivity index (χ3n) is 7.62. The maximum Gasteiger partial charge on any atom is 0.255 e. The molecule has 0 bridgehead atoms. The first-order chi connectivity index (χ1) is 16.4. The van der Waals surface area contributed by atoms with Crippen LogP contribution in [0.5, 0.6) is 0 Å². The highest BCUT2D eigenvalue weighted by Crippen LogP contribution is 2.38. The average molecular weight is 469 g/mol. The molecule has 3 aliphatic rings. The fraction of sp³-hybridized carbons (Fsp3) is 0.615. The molecule has 2 fully saturated rings. The van der Waals surface area contributed by atoms with Gasteiger partial charge in [-0.05, 0) is 56.6 Å². The molecular formula is C26H36N4O4. The summed E-state index contributed by atoms with van der Waals surface area (Å²) >= 11 is 0. The summed E-state index contributed by atoms with van der Waals surface area (Å²) in [6, 6.07) is 5.63. The van der Waals surface area contributed by atoms with Crippen LogP contribution in [-0.2, 0) is 20.9 Å². The van der Waals surface area contributed by atoms with Crippen molar-refractivity contribution in [2.75, 3.05) is 11.4 Å². The van der Waals surface area contributed by atoms with E-state index in [0.29, 0.717) is 36.9 Å². The lowest BCUT2D eigenvalue weighted by Crippen LogP contribution is -2.52. The molecule has 184 valence electrons. The van der Waals surface area contributed by atoms with E-state index in [-0.39, 0.29) is 30.0 Å². The van der Waals surface area contributed by atoms with Crippen LogP contribution in [0.2, 0.25) is 0 Å². The van der Waals surface area contributed by atoms with Gasteiger partial charge in [-0.2, -0.15) is 0 Å². The monoisotopic (exact) mass is 468 g/mol. The number of piperidine rings is 1. The van der Waals surface area contributed by atoms with Gasteiger partial charge in [-0.1, -0.05) is 25.8 Å². The molecule has 4 amide bonds. The number of nitrogens with zero attached hydrogens (tertiary/aromatic N) is 2. The van der Waals surface area contributed by atoms with Gasteiger partial charge in [0.05, 0.1) is 0 Å². The second-order valence-corrected chi connectivity index (χ2v) is 9.95. The molecule has 2 heterocycles. The Morgan fingerprint density at radius 3 is 2.56 bits per heavy atom. The zero-order valence-corrected chi connectivity index (χ0v) is 20.1. The van der Waals surface area contributed by atoms with E-state index in [1.54, 1.807) is 4.90 Å². The van der Waals surface area contributed by atoms with Crippen molar-refractivity contribution >= 4 is 29.3 Å². The first-order valence-corrected chi connectivity index (χ1v) is 12.7. The van der Waals surface area contributed by atoms with Crippen LogP contribution in [0.1, 0.15) is 87.1 Å². The molecule has 3 N–H and O–H groups in total. The van der Waals surface area contributed by atoms with Gasteiger partial charge in [0.25, 0.3) is 5.91 Å². The number of hydrogen-bond donors (Lipinski definition) is 2. The van der Waals surface area contributed by atoms with Gasteiger partial charge in [0, 0.05) is 48.8 Å². The first kappa shape index (κ1) is 24.2. The van der Waals surface area contributed by atoms with Gasteiger partial charge >= 0.3 is 0 Å². The van der Waals surface area contributed by atoms with Gasteiger partial charge < -0.3 is 15.5 Å². The van der Waals surface area contributed by atoms with Crippen molar-refractivity contribution < 1.29 is 19.2 Å². The smallest absolute Gasteiger partial charge is 0.255 e. The van der Waals surface area contributed by atoms with E-state index in [4.69, 9.17) is 5.73 Å². The number of hydrogen-bond acceptors (Lipinski definition) is 5. The number of amides is 4. The lowest BCUT2D eigenvalue weighted by Gasteiger charge is -2.39. The van der Waals surface area contributed by atoms with E-state index in [9.17, 15) is 19.2 Å².